The van der Waals surface area contributed by atoms with Gasteiger partial charge in [-0.3, -0.25) is 14.6 Å². The highest BCUT2D eigenvalue weighted by Crippen LogP contribution is 2.33. The van der Waals surface area contributed by atoms with Crippen molar-refractivity contribution in [3.8, 4) is 0 Å². The molecule has 0 saturated heterocycles. The van der Waals surface area contributed by atoms with Gasteiger partial charge in [0.15, 0.2) is 0 Å². The number of carbonyl (C=O) groups is 3. The Morgan fingerprint density at radius 3 is 2.41 bits per heavy atom. The molecule has 0 heterocycles. The molecular formula is C12H16NO4-. The molecule has 0 atom stereocenters. The zero-order chi connectivity index (χ0) is 13.1. The van der Waals surface area contributed by atoms with Crippen molar-refractivity contribution in [3.05, 3.63) is 0 Å². The number of hydrogen-bond acceptors (Lipinski definition) is 5. The van der Waals surface area contributed by atoms with Crippen LogP contribution in [0.3, 0.4) is 0 Å². The van der Waals surface area contributed by atoms with Gasteiger partial charge in [0.05, 0.1) is 0 Å². The lowest BCUT2D eigenvalue weighted by Crippen LogP contribution is -2.38. The highest BCUT2D eigenvalue weighted by molar-refractivity contribution is 6.16. The first-order chi connectivity index (χ1) is 7.82. The molecule has 0 aromatic rings. The van der Waals surface area contributed by atoms with Gasteiger partial charge < -0.3 is 9.90 Å². The van der Waals surface area contributed by atoms with Gasteiger partial charge in [-0.25, -0.2) is 0 Å². The molecule has 0 amide bonds. The maximum absolute atomic E-state index is 11.7. The van der Waals surface area contributed by atoms with Crippen LogP contribution in [0.4, 0.5) is 0 Å². The molecule has 1 rings (SSSR count). The van der Waals surface area contributed by atoms with Crippen LogP contribution in [-0.4, -0.2) is 30.3 Å². The Kier molecular flexibility index (Phi) is 4.15. The zero-order valence-corrected chi connectivity index (χ0v) is 10.1. The van der Waals surface area contributed by atoms with Crippen molar-refractivity contribution in [1.82, 2.24) is 0 Å². The number of aliphatic carboxylic acids is 1. The van der Waals surface area contributed by atoms with E-state index in [1.165, 1.54) is 6.21 Å². The predicted octanol–water partition coefficient (Wildman–Crippen LogP) is -0.228. The van der Waals surface area contributed by atoms with E-state index in [-0.39, 0.29) is 29.9 Å². The number of rotatable bonds is 4. The molecule has 0 aliphatic heterocycles. The lowest BCUT2D eigenvalue weighted by atomic mass is 9.72. The third-order valence-electron chi connectivity index (χ3n) is 2.70. The fourth-order valence-electron chi connectivity index (χ4n) is 1.91. The summed E-state index contributed by atoms with van der Waals surface area (Å²) in [6.45, 7) is 3.81. The lowest BCUT2D eigenvalue weighted by Gasteiger charge is -2.30. The minimum atomic E-state index is -1.19. The Morgan fingerprint density at radius 2 is 1.94 bits per heavy atom. The molecule has 1 aliphatic carbocycles. The normalized spacial score (nSPS) is 21.1. The molecule has 0 radical (unpaired) electrons. The van der Waals surface area contributed by atoms with Crippen LogP contribution in [0.5, 0.6) is 0 Å². The second-order valence-electron chi connectivity index (χ2n) is 5.11. The Bertz CT molecular complexity index is 351. The first kappa shape index (κ1) is 13.5. The highest BCUT2D eigenvalue weighted by atomic mass is 16.4. The average molecular weight is 238 g/mol. The van der Waals surface area contributed by atoms with Crippen LogP contribution in [-0.2, 0) is 14.4 Å². The molecule has 1 fully saturated rings. The van der Waals surface area contributed by atoms with Crippen molar-refractivity contribution in [3.63, 3.8) is 0 Å². The number of aliphatic imine (C=N–C) groups is 1. The van der Waals surface area contributed by atoms with Gasteiger partial charge in [-0.05, 0) is 5.41 Å². The molecule has 1 aliphatic rings. The van der Waals surface area contributed by atoms with Gasteiger partial charge >= 0.3 is 0 Å². The van der Waals surface area contributed by atoms with Crippen LogP contribution >= 0.6 is 0 Å². The molecule has 0 N–H and O–H groups in total. The Hall–Kier alpha value is -1.52. The van der Waals surface area contributed by atoms with Gasteiger partial charge in [0.1, 0.15) is 17.5 Å². The molecular weight excluding hydrogens is 222 g/mol. The van der Waals surface area contributed by atoms with Crippen molar-refractivity contribution < 1.29 is 19.5 Å². The van der Waals surface area contributed by atoms with E-state index >= 15 is 0 Å². The molecule has 1 saturated carbocycles. The van der Waals surface area contributed by atoms with Crippen molar-refractivity contribution in [2.75, 3.05) is 6.54 Å². The predicted molar refractivity (Wildman–Crippen MR) is 59.5 cm³/mol. The van der Waals surface area contributed by atoms with Crippen LogP contribution in [0.15, 0.2) is 4.99 Å². The first-order valence-corrected chi connectivity index (χ1v) is 5.57. The van der Waals surface area contributed by atoms with E-state index in [4.69, 9.17) is 0 Å². The summed E-state index contributed by atoms with van der Waals surface area (Å²) in [6, 6.07) is 0. The number of carboxylic acids is 1. The standard InChI is InChI=1S/C12H17NO4/c1-12(2)5-9(14)8(10(15)6-12)7-13-4-3-11(16)17/h7-8H,3-6H2,1-2H3,(H,16,17)/p-1. The quantitative estimate of drug-likeness (QED) is 0.500. The van der Waals surface area contributed by atoms with E-state index in [1.807, 2.05) is 13.8 Å². The zero-order valence-electron chi connectivity index (χ0n) is 10.1. The van der Waals surface area contributed by atoms with Gasteiger partial charge in [-0.2, -0.15) is 0 Å². The fraction of sp³-hybridized carbons (Fsp3) is 0.667. The van der Waals surface area contributed by atoms with Gasteiger partial charge in [0.25, 0.3) is 0 Å². The second-order valence-corrected chi connectivity index (χ2v) is 5.11. The maximum Gasteiger partial charge on any atom is 0.149 e. The summed E-state index contributed by atoms with van der Waals surface area (Å²) >= 11 is 0. The maximum atomic E-state index is 11.7. The van der Waals surface area contributed by atoms with Crippen molar-refractivity contribution in [2.24, 2.45) is 16.3 Å². The summed E-state index contributed by atoms with van der Waals surface area (Å²) in [5.41, 5.74) is -0.274. The van der Waals surface area contributed by atoms with Crippen LogP contribution in [0, 0.1) is 11.3 Å². The van der Waals surface area contributed by atoms with Gasteiger partial charge in [0.2, 0.25) is 0 Å². The minimum Gasteiger partial charge on any atom is -0.550 e. The molecule has 0 spiro atoms. The number of Topliss-reactive ketones (excluding diaryl/α,β-unsaturated/α-hetero) is 2. The SMILES string of the molecule is CC1(C)CC(=O)C(C=NCCC(=O)[O-])C(=O)C1. The number of carbonyl (C=O) groups excluding carboxylic acids is 3. The van der Waals surface area contributed by atoms with Gasteiger partial charge in [0, 0.05) is 38.0 Å². The molecule has 17 heavy (non-hydrogen) atoms. The number of hydrogen-bond donors (Lipinski definition) is 0. The Morgan fingerprint density at radius 1 is 1.41 bits per heavy atom. The molecule has 5 nitrogen and oxygen atoms in total. The second kappa shape index (κ2) is 5.21. The monoisotopic (exact) mass is 238 g/mol. The summed E-state index contributed by atoms with van der Waals surface area (Å²) in [4.78, 5) is 37.4. The molecule has 0 aromatic carbocycles. The lowest BCUT2D eigenvalue weighted by molar-refractivity contribution is -0.305. The third-order valence-corrected chi connectivity index (χ3v) is 2.70. The van der Waals surface area contributed by atoms with Gasteiger partial charge in [-0.1, -0.05) is 13.8 Å². The topological polar surface area (TPSA) is 86.6 Å². The Labute approximate surface area is 99.9 Å². The Balaban J connectivity index is 2.57. The third kappa shape index (κ3) is 4.09. The molecule has 0 bridgehead atoms. The summed E-state index contributed by atoms with van der Waals surface area (Å²) in [6.07, 6.45) is 1.80. The number of carboxylic acid groups (broad SMARTS) is 1. The summed E-state index contributed by atoms with van der Waals surface area (Å²) < 4.78 is 0. The van der Waals surface area contributed by atoms with Crippen LogP contribution < -0.4 is 5.11 Å². The van der Waals surface area contributed by atoms with Crippen LogP contribution in [0.2, 0.25) is 0 Å². The summed E-state index contributed by atoms with van der Waals surface area (Å²) in [5.74, 6) is -2.25. The largest absolute Gasteiger partial charge is 0.550 e. The molecule has 94 valence electrons. The summed E-state index contributed by atoms with van der Waals surface area (Å²) in [7, 11) is 0. The minimum absolute atomic E-state index is 0.0444. The first-order valence-electron chi connectivity index (χ1n) is 5.57. The van der Waals surface area contributed by atoms with E-state index in [0.717, 1.165) is 0 Å². The summed E-state index contributed by atoms with van der Waals surface area (Å²) in [5, 5.41) is 10.1. The fourth-order valence-corrected chi connectivity index (χ4v) is 1.91. The molecule has 5 heteroatoms. The number of nitrogens with zero attached hydrogens (tertiary/aromatic N) is 1. The van der Waals surface area contributed by atoms with Crippen LogP contribution in [0.25, 0.3) is 0 Å². The van der Waals surface area contributed by atoms with E-state index in [0.29, 0.717) is 12.8 Å². The van der Waals surface area contributed by atoms with Crippen molar-refractivity contribution in [2.45, 2.75) is 33.1 Å². The molecule has 0 aromatic heterocycles. The van der Waals surface area contributed by atoms with Crippen molar-refractivity contribution in [1.29, 1.82) is 0 Å². The highest BCUT2D eigenvalue weighted by Gasteiger charge is 2.38. The average Bonchev–Trinajstić information content (AvgIpc) is 2.12. The van der Waals surface area contributed by atoms with Gasteiger partial charge in [-0.15, -0.1) is 0 Å². The van der Waals surface area contributed by atoms with E-state index in [9.17, 15) is 19.5 Å². The van der Waals surface area contributed by atoms with Crippen LogP contribution in [0.1, 0.15) is 33.1 Å². The van der Waals surface area contributed by atoms with E-state index < -0.39 is 11.9 Å². The molecule has 0 unspecified atom stereocenters. The van der Waals surface area contributed by atoms with E-state index in [2.05, 4.69) is 4.99 Å². The van der Waals surface area contributed by atoms with E-state index in [1.54, 1.807) is 0 Å². The smallest absolute Gasteiger partial charge is 0.149 e. The number of ketones is 2. The van der Waals surface area contributed by atoms with Crippen molar-refractivity contribution >= 4 is 23.8 Å².